The van der Waals surface area contributed by atoms with E-state index in [4.69, 9.17) is 11.6 Å². The zero-order valence-electron chi connectivity index (χ0n) is 7.68. The van der Waals surface area contributed by atoms with Crippen LogP contribution in [0.25, 0.3) is 6.08 Å². The number of hydrogen-bond donors (Lipinski definition) is 0. The number of carbonyl (C=O) groups is 1. The highest BCUT2D eigenvalue weighted by Gasteiger charge is 2.24. The molecule has 1 aromatic heterocycles. The summed E-state index contributed by atoms with van der Waals surface area (Å²) in [6, 6.07) is 3.61. The molecule has 0 saturated carbocycles. The molecule has 0 unspecified atom stereocenters. The van der Waals surface area contributed by atoms with Crippen LogP contribution in [-0.4, -0.2) is 22.5 Å². The average Bonchev–Trinajstić information content (AvgIpc) is 2.62. The van der Waals surface area contributed by atoms with Crippen LogP contribution in [0, 0.1) is 0 Å². The Morgan fingerprint density at radius 3 is 3.07 bits per heavy atom. The molecule has 5 heteroatoms. The van der Waals surface area contributed by atoms with Crippen molar-refractivity contribution in [2.24, 2.45) is 5.16 Å². The van der Waals surface area contributed by atoms with Crippen molar-refractivity contribution in [3.8, 4) is 0 Å². The third-order valence-electron chi connectivity index (χ3n) is 1.89. The van der Waals surface area contributed by atoms with Crippen LogP contribution in [0.3, 0.4) is 0 Å². The summed E-state index contributed by atoms with van der Waals surface area (Å²) in [5.41, 5.74) is 1.65. The fraction of sp³-hybridized carbons (Fsp3) is 0.100. The van der Waals surface area contributed by atoms with E-state index in [1.165, 1.54) is 0 Å². The normalized spacial score (nSPS) is 17.8. The summed E-state index contributed by atoms with van der Waals surface area (Å²) < 4.78 is 0. The van der Waals surface area contributed by atoms with Crippen LogP contribution in [0.5, 0.6) is 0 Å². The van der Waals surface area contributed by atoms with Gasteiger partial charge in [-0.25, -0.2) is 4.79 Å². The highest BCUT2D eigenvalue weighted by atomic mass is 35.5. The van der Waals surface area contributed by atoms with Crippen molar-refractivity contribution in [1.29, 1.82) is 0 Å². The number of nitrogens with zero attached hydrogens (tertiary/aromatic N) is 2. The number of hydrogen-bond acceptors (Lipinski definition) is 4. The lowest BCUT2D eigenvalue weighted by Crippen LogP contribution is -2.06. The number of carbonyl (C=O) groups excluding carboxylic acids is 1. The Bertz CT molecular complexity index is 440. The predicted octanol–water partition coefficient (Wildman–Crippen LogP) is 1.62. The highest BCUT2D eigenvalue weighted by molar-refractivity contribution is 6.38. The van der Waals surface area contributed by atoms with Gasteiger partial charge in [0, 0.05) is 12.4 Å². The van der Waals surface area contributed by atoms with Crippen LogP contribution in [0.15, 0.2) is 35.3 Å². The number of aromatic nitrogens is 1. The Balaban J connectivity index is 2.34. The van der Waals surface area contributed by atoms with Gasteiger partial charge in [-0.2, -0.15) is 0 Å². The molecule has 0 radical (unpaired) electrons. The van der Waals surface area contributed by atoms with E-state index in [0.717, 1.165) is 5.56 Å². The Morgan fingerprint density at radius 1 is 1.53 bits per heavy atom. The van der Waals surface area contributed by atoms with Gasteiger partial charge in [0.2, 0.25) is 0 Å². The van der Waals surface area contributed by atoms with Crippen molar-refractivity contribution < 1.29 is 9.63 Å². The Kier molecular flexibility index (Phi) is 2.78. The SMILES string of the molecule is O=C1ON=C(CCl)/C1=C/c1cccnc1. The number of pyridine rings is 1. The molecule has 1 aromatic rings. The largest absolute Gasteiger partial charge is 0.367 e. The Morgan fingerprint density at radius 2 is 2.40 bits per heavy atom. The summed E-state index contributed by atoms with van der Waals surface area (Å²) in [6.45, 7) is 0. The van der Waals surface area contributed by atoms with E-state index >= 15 is 0 Å². The van der Waals surface area contributed by atoms with Gasteiger partial charge in [0.05, 0.1) is 11.5 Å². The summed E-state index contributed by atoms with van der Waals surface area (Å²) in [6.07, 6.45) is 4.96. The number of rotatable bonds is 2. The third kappa shape index (κ3) is 2.05. The molecule has 0 fully saturated rings. The van der Waals surface area contributed by atoms with Crippen molar-refractivity contribution in [3.05, 3.63) is 35.7 Å². The van der Waals surface area contributed by atoms with Gasteiger partial charge in [-0.1, -0.05) is 11.2 Å². The van der Waals surface area contributed by atoms with E-state index in [1.54, 1.807) is 24.5 Å². The van der Waals surface area contributed by atoms with Gasteiger partial charge in [0.15, 0.2) is 0 Å². The van der Waals surface area contributed by atoms with Crippen molar-refractivity contribution in [1.82, 2.24) is 4.98 Å². The molecule has 0 atom stereocenters. The molecular formula is C10H7ClN2O2. The molecule has 0 N–H and O–H groups in total. The molecule has 0 aromatic carbocycles. The minimum Gasteiger partial charge on any atom is -0.312 e. The van der Waals surface area contributed by atoms with Crippen LogP contribution < -0.4 is 0 Å². The van der Waals surface area contributed by atoms with Crippen LogP contribution >= 0.6 is 11.6 Å². The van der Waals surface area contributed by atoms with Gasteiger partial charge < -0.3 is 4.84 Å². The van der Waals surface area contributed by atoms with Crippen molar-refractivity contribution in [2.75, 3.05) is 5.88 Å². The molecule has 0 saturated heterocycles. The number of alkyl halides is 1. The van der Waals surface area contributed by atoms with Crippen LogP contribution in [0.1, 0.15) is 5.56 Å². The topological polar surface area (TPSA) is 51.5 Å². The second-order valence-corrected chi connectivity index (χ2v) is 3.16. The molecule has 0 amide bonds. The molecular weight excluding hydrogens is 216 g/mol. The monoisotopic (exact) mass is 222 g/mol. The summed E-state index contributed by atoms with van der Waals surface area (Å²) in [5.74, 6) is -0.327. The maximum atomic E-state index is 11.3. The smallest absolute Gasteiger partial charge is 0.312 e. The van der Waals surface area contributed by atoms with Gasteiger partial charge >= 0.3 is 5.97 Å². The Hall–Kier alpha value is -1.68. The molecule has 15 heavy (non-hydrogen) atoms. The highest BCUT2D eigenvalue weighted by Crippen LogP contribution is 2.15. The van der Waals surface area contributed by atoms with Gasteiger partial charge in [-0.05, 0) is 17.7 Å². The quantitative estimate of drug-likeness (QED) is 0.434. The summed E-state index contributed by atoms with van der Waals surface area (Å²) in [7, 11) is 0. The second kappa shape index (κ2) is 4.23. The fourth-order valence-corrected chi connectivity index (χ4v) is 1.37. The van der Waals surface area contributed by atoms with Crippen molar-refractivity contribution in [3.63, 3.8) is 0 Å². The van der Waals surface area contributed by atoms with Gasteiger partial charge in [-0.3, -0.25) is 4.98 Å². The first-order chi connectivity index (χ1) is 7.31. The van der Waals surface area contributed by atoms with E-state index in [0.29, 0.717) is 11.3 Å². The van der Waals surface area contributed by atoms with Crippen molar-refractivity contribution in [2.45, 2.75) is 0 Å². The summed E-state index contributed by atoms with van der Waals surface area (Å²) in [4.78, 5) is 19.7. The Labute approximate surface area is 91.2 Å². The van der Waals surface area contributed by atoms with E-state index < -0.39 is 5.97 Å². The molecule has 1 aliphatic heterocycles. The molecule has 0 aliphatic carbocycles. The molecule has 2 heterocycles. The first kappa shape index (κ1) is 9.86. The molecule has 0 bridgehead atoms. The maximum absolute atomic E-state index is 11.3. The molecule has 0 spiro atoms. The second-order valence-electron chi connectivity index (χ2n) is 2.89. The lowest BCUT2D eigenvalue weighted by molar-refractivity contribution is -0.136. The minimum absolute atomic E-state index is 0.151. The van der Waals surface area contributed by atoms with Gasteiger partial charge in [0.1, 0.15) is 5.71 Å². The zero-order valence-corrected chi connectivity index (χ0v) is 8.44. The maximum Gasteiger partial charge on any atom is 0.367 e. The lowest BCUT2D eigenvalue weighted by Gasteiger charge is -1.95. The first-order valence-corrected chi connectivity index (χ1v) is 4.81. The lowest BCUT2D eigenvalue weighted by atomic mass is 10.1. The average molecular weight is 223 g/mol. The van der Waals surface area contributed by atoms with Crippen LogP contribution in [-0.2, 0) is 9.63 Å². The summed E-state index contributed by atoms with van der Waals surface area (Å²) in [5, 5.41) is 3.56. The molecule has 2 rings (SSSR count). The third-order valence-corrected chi connectivity index (χ3v) is 2.14. The van der Waals surface area contributed by atoms with Crippen LogP contribution in [0.4, 0.5) is 0 Å². The predicted molar refractivity (Wildman–Crippen MR) is 56.5 cm³/mol. The van der Waals surface area contributed by atoms with E-state index in [9.17, 15) is 4.79 Å². The van der Waals surface area contributed by atoms with Crippen LogP contribution in [0.2, 0.25) is 0 Å². The van der Waals surface area contributed by atoms with E-state index in [2.05, 4.69) is 15.0 Å². The molecule has 1 aliphatic rings. The van der Waals surface area contributed by atoms with Gasteiger partial charge in [-0.15, -0.1) is 11.6 Å². The van der Waals surface area contributed by atoms with Gasteiger partial charge in [0.25, 0.3) is 0 Å². The minimum atomic E-state index is -0.477. The molecule has 4 nitrogen and oxygen atoms in total. The molecule has 76 valence electrons. The first-order valence-electron chi connectivity index (χ1n) is 4.27. The van der Waals surface area contributed by atoms with Crippen molar-refractivity contribution >= 4 is 29.4 Å². The zero-order chi connectivity index (χ0) is 10.7. The standard InChI is InChI=1S/C10H7ClN2O2/c11-5-9-8(10(14)15-13-9)4-7-2-1-3-12-6-7/h1-4,6H,5H2/b8-4-. The van der Waals surface area contributed by atoms with E-state index in [-0.39, 0.29) is 5.88 Å². The number of oxime groups is 1. The van der Waals surface area contributed by atoms with E-state index in [1.807, 2.05) is 6.07 Å². The number of halogens is 1. The fourth-order valence-electron chi connectivity index (χ4n) is 1.18. The summed E-state index contributed by atoms with van der Waals surface area (Å²) >= 11 is 5.61.